The van der Waals surface area contributed by atoms with Crippen molar-refractivity contribution in [3.8, 4) is 23.0 Å². The maximum Gasteiger partial charge on any atom is 0.418 e. The summed E-state index contributed by atoms with van der Waals surface area (Å²) in [6.45, 7) is 2.49. The lowest BCUT2D eigenvalue weighted by atomic mass is 9.89. The second-order valence-corrected chi connectivity index (χ2v) is 14.0. The fourth-order valence-corrected chi connectivity index (χ4v) is 8.78. The van der Waals surface area contributed by atoms with Crippen molar-refractivity contribution in [2.45, 2.75) is 68.2 Å². The topological polar surface area (TPSA) is 102 Å². The van der Waals surface area contributed by atoms with Crippen LogP contribution in [0.15, 0.2) is 18.3 Å². The van der Waals surface area contributed by atoms with Crippen LogP contribution in [-0.4, -0.2) is 83.3 Å². The van der Waals surface area contributed by atoms with Crippen LogP contribution >= 0.6 is 11.6 Å². The number of anilines is 2. The molecular formula is C31H33ClF5N7O2. The quantitative estimate of drug-likeness (QED) is 0.260. The number of methoxy groups -OCH3 is 1. The summed E-state index contributed by atoms with van der Waals surface area (Å²) in [6.07, 6.45) is 0.493. The van der Waals surface area contributed by atoms with Gasteiger partial charge in [0.15, 0.2) is 5.75 Å². The highest BCUT2D eigenvalue weighted by Crippen LogP contribution is 2.69. The van der Waals surface area contributed by atoms with Crippen molar-refractivity contribution in [1.82, 2.24) is 25.2 Å². The van der Waals surface area contributed by atoms with Crippen molar-refractivity contribution in [3.63, 3.8) is 0 Å². The number of benzene rings is 1. The molecule has 1 saturated carbocycles. The van der Waals surface area contributed by atoms with E-state index < -0.39 is 33.6 Å². The van der Waals surface area contributed by atoms with Gasteiger partial charge in [-0.15, -0.1) is 0 Å². The molecule has 4 saturated heterocycles. The van der Waals surface area contributed by atoms with Gasteiger partial charge in [0, 0.05) is 55.6 Å². The molecule has 3 N–H and O–H groups in total. The Morgan fingerprint density at radius 3 is 2.54 bits per heavy atom. The lowest BCUT2D eigenvalue weighted by Gasteiger charge is -2.34. The van der Waals surface area contributed by atoms with Gasteiger partial charge < -0.3 is 25.4 Å². The molecule has 15 heteroatoms. The number of rotatable bonds is 6. The zero-order valence-electron chi connectivity index (χ0n) is 25.1. The van der Waals surface area contributed by atoms with Crippen LogP contribution in [0.4, 0.5) is 33.5 Å². The Labute approximate surface area is 266 Å². The van der Waals surface area contributed by atoms with Crippen molar-refractivity contribution in [2.75, 3.05) is 50.5 Å². The molecule has 1 aliphatic carbocycles. The second-order valence-electron chi connectivity index (χ2n) is 13.6. The molecule has 5 aliphatic rings. The minimum absolute atomic E-state index is 0.00443. The smallest absolute Gasteiger partial charge is 0.418 e. The van der Waals surface area contributed by atoms with Crippen LogP contribution in [0.1, 0.15) is 44.1 Å². The zero-order valence-corrected chi connectivity index (χ0v) is 25.8. The molecule has 9 nitrogen and oxygen atoms in total. The molecule has 1 spiro atoms. The Bertz CT molecular complexity index is 1730. The predicted octanol–water partition coefficient (Wildman–Crippen LogP) is 5.54. The molecule has 5 fully saturated rings. The monoisotopic (exact) mass is 665 g/mol. The Morgan fingerprint density at radius 2 is 1.87 bits per heavy atom. The molecule has 3 aromatic rings. The van der Waals surface area contributed by atoms with Crippen LogP contribution < -0.4 is 25.4 Å². The summed E-state index contributed by atoms with van der Waals surface area (Å²) in [5.74, 6) is -2.17. The summed E-state index contributed by atoms with van der Waals surface area (Å²) in [5, 5.41) is 3.51. The fraction of sp³-hybridized carbons (Fsp3) is 0.581. The number of ether oxygens (including phenoxy) is 2. The van der Waals surface area contributed by atoms with E-state index in [0.717, 1.165) is 44.4 Å². The van der Waals surface area contributed by atoms with Crippen molar-refractivity contribution < 1.29 is 31.4 Å². The number of piperazine rings is 1. The minimum Gasteiger partial charge on any atom is -0.492 e. The van der Waals surface area contributed by atoms with Crippen LogP contribution in [0, 0.1) is 5.41 Å². The molecule has 1 aromatic carbocycles. The zero-order chi connectivity index (χ0) is 32.2. The third-order valence-electron chi connectivity index (χ3n) is 10.6. The van der Waals surface area contributed by atoms with E-state index in [-0.39, 0.29) is 59.3 Å². The SMILES string of the molecule is COc1c(-c2cc(N)cc(Cl)c2C(F)(F)F)ncc2c(N3C[C@H]4CC[C@@H](C3)N4)nc(OC[C@@]34CCCN3C[C@@]3(CC3(F)F)C4)nc12. The first-order valence-electron chi connectivity index (χ1n) is 15.5. The van der Waals surface area contributed by atoms with Gasteiger partial charge >= 0.3 is 12.2 Å². The summed E-state index contributed by atoms with van der Waals surface area (Å²) in [6, 6.07) is 2.72. The molecule has 2 bridgehead atoms. The number of nitrogen functional groups attached to an aromatic ring is 1. The Morgan fingerprint density at radius 1 is 1.13 bits per heavy atom. The standard InChI is InChI=1S/C31H33ClF5N7O2/c1-45-25-23(19-7-16(38)8-21(32)22(19)31(35,36)37)39-9-20-24(25)41-27(42-26(20)43-10-17-3-4-18(11-43)40-17)46-15-29-5-2-6-44(29)14-28(12-29)13-30(28,33)34/h7-9,17-18,40H,2-6,10-15,38H2,1H3/t17-,18+,28-,29-/m0/s1. The Hall–Kier alpha value is -3.23. The van der Waals surface area contributed by atoms with Gasteiger partial charge in [-0.25, -0.2) is 8.78 Å². The normalized spacial score (nSPS) is 29.9. The molecule has 246 valence electrons. The number of hydrogen-bond acceptors (Lipinski definition) is 9. The number of nitrogens with one attached hydrogen (secondary N) is 1. The van der Waals surface area contributed by atoms with E-state index in [2.05, 4.69) is 25.1 Å². The van der Waals surface area contributed by atoms with Crippen LogP contribution in [0.2, 0.25) is 5.02 Å². The molecule has 6 heterocycles. The van der Waals surface area contributed by atoms with E-state index in [9.17, 15) is 22.0 Å². The summed E-state index contributed by atoms with van der Waals surface area (Å²) < 4.78 is 83.8. The lowest BCUT2D eigenvalue weighted by Crippen LogP contribution is -2.51. The number of alkyl halides is 5. The van der Waals surface area contributed by atoms with E-state index in [1.807, 2.05) is 0 Å². The fourth-order valence-electron chi connectivity index (χ4n) is 8.44. The van der Waals surface area contributed by atoms with Gasteiger partial charge in [-0.3, -0.25) is 9.88 Å². The number of nitrogens with two attached hydrogens (primary N) is 1. The van der Waals surface area contributed by atoms with Crippen LogP contribution in [0.25, 0.3) is 22.2 Å². The molecular weight excluding hydrogens is 633 g/mol. The molecule has 46 heavy (non-hydrogen) atoms. The van der Waals surface area contributed by atoms with E-state index in [4.69, 9.17) is 31.8 Å². The largest absolute Gasteiger partial charge is 0.492 e. The van der Waals surface area contributed by atoms with Crippen LogP contribution in [-0.2, 0) is 6.18 Å². The summed E-state index contributed by atoms with van der Waals surface area (Å²) in [4.78, 5) is 18.2. The van der Waals surface area contributed by atoms with Gasteiger partial charge in [-0.2, -0.15) is 23.1 Å². The molecule has 0 amide bonds. The van der Waals surface area contributed by atoms with E-state index >= 15 is 0 Å². The molecule has 8 rings (SSSR count). The highest BCUT2D eigenvalue weighted by Gasteiger charge is 2.77. The van der Waals surface area contributed by atoms with Gasteiger partial charge in [0.25, 0.3) is 5.92 Å². The van der Waals surface area contributed by atoms with Gasteiger partial charge in [-0.05, 0) is 50.8 Å². The number of aromatic nitrogens is 3. The Balaban J connectivity index is 1.24. The predicted molar refractivity (Wildman–Crippen MR) is 162 cm³/mol. The van der Waals surface area contributed by atoms with Gasteiger partial charge in [-0.1, -0.05) is 11.6 Å². The second kappa shape index (κ2) is 10.1. The summed E-state index contributed by atoms with van der Waals surface area (Å²) in [5.41, 5.74) is 3.04. The van der Waals surface area contributed by atoms with Crippen molar-refractivity contribution >= 4 is 34.0 Å². The van der Waals surface area contributed by atoms with Crippen molar-refractivity contribution in [1.29, 1.82) is 0 Å². The highest BCUT2D eigenvalue weighted by molar-refractivity contribution is 6.32. The Kier molecular flexibility index (Phi) is 6.64. The number of halogens is 6. The molecule has 0 unspecified atom stereocenters. The average molecular weight is 666 g/mol. The van der Waals surface area contributed by atoms with E-state index in [1.165, 1.54) is 13.3 Å². The number of hydrogen-bond donors (Lipinski definition) is 2. The van der Waals surface area contributed by atoms with Crippen LogP contribution in [0.3, 0.4) is 0 Å². The number of nitrogens with zero attached hydrogens (tertiary/aromatic N) is 5. The summed E-state index contributed by atoms with van der Waals surface area (Å²) in [7, 11) is 1.33. The van der Waals surface area contributed by atoms with Gasteiger partial charge in [0.1, 0.15) is 23.6 Å². The van der Waals surface area contributed by atoms with Crippen molar-refractivity contribution in [2.24, 2.45) is 5.41 Å². The van der Waals surface area contributed by atoms with E-state index in [0.29, 0.717) is 37.3 Å². The maximum atomic E-state index is 14.4. The molecule has 4 aliphatic heterocycles. The first-order chi connectivity index (χ1) is 21.8. The molecule has 2 aromatic heterocycles. The molecule has 0 radical (unpaired) electrons. The highest BCUT2D eigenvalue weighted by atomic mass is 35.5. The first kappa shape index (κ1) is 30.1. The van der Waals surface area contributed by atoms with Crippen LogP contribution in [0.5, 0.6) is 11.8 Å². The third kappa shape index (κ3) is 4.65. The van der Waals surface area contributed by atoms with Gasteiger partial charge in [0.2, 0.25) is 0 Å². The average Bonchev–Trinajstić information content (AvgIpc) is 3.31. The first-order valence-corrected chi connectivity index (χ1v) is 15.9. The van der Waals surface area contributed by atoms with Gasteiger partial charge in [0.05, 0.1) is 34.0 Å². The molecule has 4 atom stereocenters. The maximum absolute atomic E-state index is 14.4. The van der Waals surface area contributed by atoms with Crippen molar-refractivity contribution in [3.05, 3.63) is 28.9 Å². The summed E-state index contributed by atoms with van der Waals surface area (Å²) >= 11 is 6.08. The third-order valence-corrected chi connectivity index (χ3v) is 10.9. The minimum atomic E-state index is -4.81. The number of fused-ring (bicyclic) bond motifs is 4. The van der Waals surface area contributed by atoms with E-state index in [1.54, 1.807) is 0 Å². The lowest BCUT2D eigenvalue weighted by molar-refractivity contribution is -0.137. The number of pyridine rings is 1.